The van der Waals surface area contributed by atoms with Crippen molar-refractivity contribution in [3.8, 4) is 11.6 Å². The van der Waals surface area contributed by atoms with Gasteiger partial charge in [-0.1, -0.05) is 0 Å². The second-order valence-corrected chi connectivity index (χ2v) is 7.06. The monoisotopic (exact) mass is 318 g/mol. The standard InChI is InChI=1S/C16H19ClN4O/c17-14-19-8-1-11(21-14)13-20-9-12(22-13)16-5-2-15(10-18,3-6-16)4-7-16/h1,8-9H,2-7,10,18H2. The van der Waals surface area contributed by atoms with Crippen LogP contribution in [-0.4, -0.2) is 21.5 Å². The van der Waals surface area contributed by atoms with Gasteiger partial charge >= 0.3 is 0 Å². The predicted molar refractivity (Wildman–Crippen MR) is 83.4 cm³/mol. The smallest absolute Gasteiger partial charge is 0.245 e. The van der Waals surface area contributed by atoms with Crippen molar-refractivity contribution in [1.29, 1.82) is 0 Å². The zero-order valence-corrected chi connectivity index (χ0v) is 13.1. The fraction of sp³-hybridized carbons (Fsp3) is 0.562. The summed E-state index contributed by atoms with van der Waals surface area (Å²) >= 11 is 5.84. The lowest BCUT2D eigenvalue weighted by Crippen LogP contribution is -2.47. The van der Waals surface area contributed by atoms with E-state index in [1.807, 2.05) is 6.20 Å². The molecule has 0 spiro atoms. The lowest BCUT2D eigenvalue weighted by atomic mass is 9.53. The molecule has 5 rings (SSSR count). The lowest BCUT2D eigenvalue weighted by molar-refractivity contribution is 0.0358. The molecule has 2 aromatic rings. The average molecular weight is 319 g/mol. The summed E-state index contributed by atoms with van der Waals surface area (Å²) in [7, 11) is 0. The molecule has 3 fully saturated rings. The largest absolute Gasteiger partial charge is 0.439 e. The van der Waals surface area contributed by atoms with Crippen molar-refractivity contribution in [1.82, 2.24) is 15.0 Å². The highest BCUT2D eigenvalue weighted by molar-refractivity contribution is 6.28. The topological polar surface area (TPSA) is 77.8 Å². The van der Waals surface area contributed by atoms with E-state index < -0.39 is 0 Å². The van der Waals surface area contributed by atoms with Crippen LogP contribution < -0.4 is 5.73 Å². The Balaban J connectivity index is 1.63. The molecule has 3 aliphatic rings. The summed E-state index contributed by atoms with van der Waals surface area (Å²) < 4.78 is 6.06. The fourth-order valence-corrected chi connectivity index (χ4v) is 4.18. The number of nitrogens with two attached hydrogens (primary N) is 1. The number of fused-ring (bicyclic) bond motifs is 3. The minimum absolute atomic E-state index is 0.138. The molecular weight excluding hydrogens is 300 g/mol. The number of halogens is 1. The first-order valence-corrected chi connectivity index (χ1v) is 8.18. The Bertz CT molecular complexity index is 674. The first-order chi connectivity index (χ1) is 10.6. The second kappa shape index (κ2) is 5.03. The number of hydrogen-bond donors (Lipinski definition) is 1. The van der Waals surface area contributed by atoms with Crippen molar-refractivity contribution in [2.45, 2.75) is 43.9 Å². The maximum absolute atomic E-state index is 6.06. The highest BCUT2D eigenvalue weighted by Crippen LogP contribution is 2.57. The third-order valence-electron chi connectivity index (χ3n) is 5.71. The fourth-order valence-electron chi connectivity index (χ4n) is 4.03. The van der Waals surface area contributed by atoms with Gasteiger partial charge in [0, 0.05) is 11.6 Å². The molecule has 2 bridgehead atoms. The molecule has 0 aromatic carbocycles. The summed E-state index contributed by atoms with van der Waals surface area (Å²) in [6.07, 6.45) is 10.5. The number of hydrogen-bond acceptors (Lipinski definition) is 5. The average Bonchev–Trinajstić information content (AvgIpc) is 3.07. The SMILES string of the molecule is NCC12CCC(c3cnc(-c4ccnc(Cl)n4)o3)(CC1)CC2. The van der Waals surface area contributed by atoms with Gasteiger partial charge in [-0.3, -0.25) is 0 Å². The van der Waals surface area contributed by atoms with Crippen LogP contribution in [0.5, 0.6) is 0 Å². The van der Waals surface area contributed by atoms with Gasteiger partial charge in [0.05, 0.1) is 6.20 Å². The van der Waals surface area contributed by atoms with Gasteiger partial charge in [-0.25, -0.2) is 15.0 Å². The van der Waals surface area contributed by atoms with Gasteiger partial charge < -0.3 is 10.2 Å². The maximum Gasteiger partial charge on any atom is 0.245 e. The van der Waals surface area contributed by atoms with Crippen molar-refractivity contribution < 1.29 is 4.42 Å². The van der Waals surface area contributed by atoms with Crippen LogP contribution in [0.2, 0.25) is 5.28 Å². The second-order valence-electron chi connectivity index (χ2n) is 6.73. The zero-order chi connectivity index (χ0) is 15.2. The van der Waals surface area contributed by atoms with Crippen molar-refractivity contribution in [3.05, 3.63) is 29.5 Å². The minimum Gasteiger partial charge on any atom is -0.439 e. The Hall–Kier alpha value is -1.46. The summed E-state index contributed by atoms with van der Waals surface area (Å²) in [4.78, 5) is 12.5. The van der Waals surface area contributed by atoms with Crippen molar-refractivity contribution >= 4 is 11.6 Å². The van der Waals surface area contributed by atoms with Crippen LogP contribution in [0, 0.1) is 5.41 Å². The summed E-state index contributed by atoms with van der Waals surface area (Å²) in [5.74, 6) is 1.51. The molecule has 3 aliphatic carbocycles. The van der Waals surface area contributed by atoms with Gasteiger partial charge in [-0.2, -0.15) is 0 Å². The number of aromatic nitrogens is 3. The van der Waals surface area contributed by atoms with E-state index in [1.165, 1.54) is 19.3 Å². The van der Waals surface area contributed by atoms with Crippen molar-refractivity contribution in [3.63, 3.8) is 0 Å². The molecule has 0 radical (unpaired) electrons. The van der Waals surface area contributed by atoms with Crippen LogP contribution in [0.15, 0.2) is 22.9 Å². The van der Waals surface area contributed by atoms with Gasteiger partial charge in [-0.15, -0.1) is 0 Å². The number of rotatable bonds is 3. The molecule has 5 nitrogen and oxygen atoms in total. The van der Waals surface area contributed by atoms with Crippen LogP contribution >= 0.6 is 11.6 Å². The van der Waals surface area contributed by atoms with Crippen molar-refractivity contribution in [2.75, 3.05) is 6.54 Å². The Kier molecular flexibility index (Phi) is 3.24. The summed E-state index contributed by atoms with van der Waals surface area (Å²) in [5.41, 5.74) is 7.13. The van der Waals surface area contributed by atoms with E-state index in [4.69, 9.17) is 21.8 Å². The molecule has 0 saturated heterocycles. The molecule has 116 valence electrons. The Morgan fingerprint density at radius 2 is 1.86 bits per heavy atom. The molecular formula is C16H19ClN4O. The Morgan fingerprint density at radius 3 is 2.50 bits per heavy atom. The molecule has 0 atom stereocenters. The summed E-state index contributed by atoms with van der Waals surface area (Å²) in [5, 5.41) is 0.207. The first kappa shape index (κ1) is 14.2. The maximum atomic E-state index is 6.06. The summed E-state index contributed by atoms with van der Waals surface area (Å²) in [6.45, 7) is 0.810. The summed E-state index contributed by atoms with van der Waals surface area (Å²) in [6, 6.07) is 1.76. The van der Waals surface area contributed by atoms with Gasteiger partial charge in [0.15, 0.2) is 0 Å². The van der Waals surface area contributed by atoms with Crippen LogP contribution in [0.25, 0.3) is 11.6 Å². The molecule has 0 aliphatic heterocycles. The van der Waals surface area contributed by atoms with Crippen LogP contribution in [0.3, 0.4) is 0 Å². The molecule has 2 aromatic heterocycles. The Morgan fingerprint density at radius 1 is 1.14 bits per heavy atom. The zero-order valence-electron chi connectivity index (χ0n) is 12.4. The molecule has 6 heteroatoms. The van der Waals surface area contributed by atoms with E-state index in [0.717, 1.165) is 31.6 Å². The highest BCUT2D eigenvalue weighted by Gasteiger charge is 2.50. The van der Waals surface area contributed by atoms with E-state index in [0.29, 0.717) is 17.0 Å². The quantitative estimate of drug-likeness (QED) is 0.878. The molecule has 2 heterocycles. The first-order valence-electron chi connectivity index (χ1n) is 7.80. The van der Waals surface area contributed by atoms with E-state index in [-0.39, 0.29) is 10.7 Å². The van der Waals surface area contributed by atoms with Crippen LogP contribution in [-0.2, 0) is 5.41 Å². The molecule has 0 amide bonds. The van der Waals surface area contributed by atoms with Gasteiger partial charge in [0.25, 0.3) is 0 Å². The van der Waals surface area contributed by atoms with E-state index >= 15 is 0 Å². The number of oxazole rings is 1. The van der Waals surface area contributed by atoms with Crippen molar-refractivity contribution in [2.24, 2.45) is 11.1 Å². The molecule has 0 unspecified atom stereocenters. The molecule has 22 heavy (non-hydrogen) atoms. The van der Waals surface area contributed by atoms with Gasteiger partial charge in [0.1, 0.15) is 11.5 Å². The van der Waals surface area contributed by atoms with E-state index in [1.54, 1.807) is 12.3 Å². The highest BCUT2D eigenvalue weighted by atomic mass is 35.5. The Labute approximate surface area is 134 Å². The molecule has 2 N–H and O–H groups in total. The van der Waals surface area contributed by atoms with Gasteiger partial charge in [-0.05, 0) is 68.2 Å². The number of nitrogens with zero attached hydrogens (tertiary/aromatic N) is 3. The third-order valence-corrected chi connectivity index (χ3v) is 5.89. The van der Waals surface area contributed by atoms with Crippen LogP contribution in [0.4, 0.5) is 0 Å². The van der Waals surface area contributed by atoms with Crippen LogP contribution in [0.1, 0.15) is 44.3 Å². The third kappa shape index (κ3) is 2.15. The van der Waals surface area contributed by atoms with E-state index in [2.05, 4.69) is 15.0 Å². The lowest BCUT2D eigenvalue weighted by Gasteiger charge is -2.52. The normalized spacial score (nSPS) is 30.6. The van der Waals surface area contributed by atoms with Gasteiger partial charge in [0.2, 0.25) is 11.2 Å². The van der Waals surface area contributed by atoms with E-state index in [9.17, 15) is 0 Å². The predicted octanol–water partition coefficient (Wildman–Crippen LogP) is 3.34. The minimum atomic E-state index is 0.138. The molecule has 3 saturated carbocycles.